The van der Waals surface area contributed by atoms with Crippen molar-refractivity contribution in [1.29, 1.82) is 0 Å². The Hall–Kier alpha value is -6.58. The highest BCUT2D eigenvalue weighted by Gasteiger charge is 2.47. The van der Waals surface area contributed by atoms with Gasteiger partial charge in [0.05, 0.1) is 24.2 Å². The summed E-state index contributed by atoms with van der Waals surface area (Å²) in [6.45, 7) is 25.2. The SMILES string of the molecule is C[C@@H](C(=O)C[C@H](C(=O)N1C[C@@H](c2ccc(C[C@H](CC(=O)[C@@H](NC(=O)[C@H](C)N(C)C(=O)OC(C)(C)C)C(C)(C)C)C(=O)NC3CCCc4ccccc43)cc2)C[C@H]1C(=O)NC1CCCc2ccccc21)C(C)(C)C)N(C)C(=O)OC(C)(C)C. The highest BCUT2D eigenvalue weighted by molar-refractivity contribution is 5.96. The van der Waals surface area contributed by atoms with Gasteiger partial charge in [-0.05, 0) is 151 Å². The van der Waals surface area contributed by atoms with Crippen molar-refractivity contribution >= 4 is 47.4 Å². The molecule has 0 spiro atoms. The van der Waals surface area contributed by atoms with Crippen LogP contribution in [-0.4, -0.2) is 118 Å². The number of benzene rings is 3. The van der Waals surface area contributed by atoms with Gasteiger partial charge < -0.3 is 35.2 Å². The zero-order valence-electron chi connectivity index (χ0n) is 51.8. The fraction of sp³-hybridized carbons (Fsp3) is 0.606. The predicted molar refractivity (Wildman–Crippen MR) is 318 cm³/mol. The molecule has 3 N–H and O–H groups in total. The average Bonchev–Trinajstić information content (AvgIpc) is 3.51. The van der Waals surface area contributed by atoms with Gasteiger partial charge in [0.2, 0.25) is 23.6 Å². The molecule has 3 aromatic carbocycles. The number of fused-ring (bicyclic) bond motifs is 2. The Morgan fingerprint density at radius 1 is 0.610 bits per heavy atom. The van der Waals surface area contributed by atoms with Crippen LogP contribution in [0.15, 0.2) is 72.8 Å². The molecular weight excluding hydrogens is 1040 g/mol. The zero-order chi connectivity index (χ0) is 60.8. The van der Waals surface area contributed by atoms with Crippen LogP contribution in [0, 0.1) is 22.7 Å². The fourth-order valence-electron chi connectivity index (χ4n) is 11.5. The molecule has 1 fully saturated rings. The number of amides is 6. The molecule has 3 aliphatic rings. The number of ether oxygens (including phenoxy) is 2. The predicted octanol–water partition coefficient (Wildman–Crippen LogP) is 10.5. The number of nitrogens with zero attached hydrogens (tertiary/aromatic N) is 3. The third-order valence-electron chi connectivity index (χ3n) is 16.6. The molecule has 0 bridgehead atoms. The molecule has 448 valence electrons. The Morgan fingerprint density at radius 3 is 1.61 bits per heavy atom. The largest absolute Gasteiger partial charge is 0.444 e. The summed E-state index contributed by atoms with van der Waals surface area (Å²) in [6.07, 6.45) is 3.97. The van der Waals surface area contributed by atoms with Crippen molar-refractivity contribution in [3.8, 4) is 0 Å². The van der Waals surface area contributed by atoms with Crippen LogP contribution in [0.3, 0.4) is 0 Å². The third-order valence-corrected chi connectivity index (χ3v) is 16.6. The summed E-state index contributed by atoms with van der Waals surface area (Å²) in [5.74, 6) is -3.98. The molecule has 9 atom stereocenters. The van der Waals surface area contributed by atoms with Gasteiger partial charge in [0.15, 0.2) is 11.6 Å². The van der Waals surface area contributed by atoms with Crippen molar-refractivity contribution in [2.75, 3.05) is 20.6 Å². The Morgan fingerprint density at radius 2 is 1.11 bits per heavy atom. The number of nitrogens with one attached hydrogen (secondary N) is 3. The van der Waals surface area contributed by atoms with Gasteiger partial charge in [-0.2, -0.15) is 0 Å². The highest BCUT2D eigenvalue weighted by Crippen LogP contribution is 2.40. The lowest BCUT2D eigenvalue weighted by atomic mass is 9.76. The number of carbonyl (C=O) groups excluding carboxylic acids is 8. The van der Waals surface area contributed by atoms with Crippen molar-refractivity contribution < 1.29 is 47.8 Å². The van der Waals surface area contributed by atoms with E-state index in [2.05, 4.69) is 34.1 Å². The Kier molecular flexibility index (Phi) is 20.7. The highest BCUT2D eigenvalue weighted by atomic mass is 16.6. The van der Waals surface area contributed by atoms with Crippen molar-refractivity contribution in [3.05, 3.63) is 106 Å². The lowest BCUT2D eigenvalue weighted by molar-refractivity contribution is -0.146. The topological polar surface area (TPSA) is 201 Å². The summed E-state index contributed by atoms with van der Waals surface area (Å²) in [6, 6.07) is 19.8. The standard InChI is InChI=1S/C66H94N6O10/c1-40(70(15)61(79)81-65(9,10)11)54(73)38-50(63(3,4)5)60(78)72-39-47(36-53(72)59(77)68-52-30-22-26-45-24-18-20-28-49(45)52)43-33-31-42(32-34-43)35-46(58(76)67-51-29-21-25-44-23-17-19-27-48(44)51)37-55(74)56(64(6,7)8)69-57(75)41(2)71(16)62(80)82-66(12,13)14/h17-20,23-24,27-28,31-34,40-41,46-47,50-53,56H,21-22,25-26,29-30,35-39H2,1-16H3,(H,67,76)(H,68,77)(H,69,75)/t40-,41-,46+,47-,50+,51?,52?,53-,56+/m0/s1. The normalized spacial score (nSPS) is 20.1. The molecule has 16 nitrogen and oxygen atoms in total. The number of rotatable bonds is 18. The van der Waals surface area contributed by atoms with E-state index in [-0.39, 0.29) is 73.1 Å². The third kappa shape index (κ3) is 16.8. The molecule has 2 aliphatic carbocycles. The van der Waals surface area contributed by atoms with Crippen molar-refractivity contribution in [2.24, 2.45) is 22.7 Å². The maximum absolute atomic E-state index is 15.2. The molecule has 0 radical (unpaired) electrons. The summed E-state index contributed by atoms with van der Waals surface area (Å²) in [7, 11) is 2.99. The molecule has 0 aromatic heterocycles. The zero-order valence-corrected chi connectivity index (χ0v) is 51.8. The fourth-order valence-corrected chi connectivity index (χ4v) is 11.5. The van der Waals surface area contributed by atoms with E-state index in [1.54, 1.807) is 60.3 Å². The van der Waals surface area contributed by atoms with Crippen LogP contribution < -0.4 is 16.0 Å². The minimum Gasteiger partial charge on any atom is -0.444 e. The molecule has 6 amide bonds. The van der Waals surface area contributed by atoms with Crippen LogP contribution in [0.4, 0.5) is 9.59 Å². The van der Waals surface area contributed by atoms with Gasteiger partial charge in [-0.15, -0.1) is 0 Å². The average molecular weight is 1130 g/mol. The van der Waals surface area contributed by atoms with Gasteiger partial charge in [0.25, 0.3) is 0 Å². The second kappa shape index (κ2) is 26.3. The number of carbonyl (C=O) groups is 8. The van der Waals surface area contributed by atoms with E-state index in [9.17, 15) is 33.6 Å². The van der Waals surface area contributed by atoms with Crippen LogP contribution in [0.1, 0.15) is 193 Å². The first-order valence-electron chi connectivity index (χ1n) is 29.6. The molecule has 6 rings (SSSR count). The first kappa shape index (κ1) is 64.6. The number of ketones is 2. The minimum absolute atomic E-state index is 0.158. The molecule has 82 heavy (non-hydrogen) atoms. The van der Waals surface area contributed by atoms with Crippen LogP contribution in [-0.2, 0) is 57.5 Å². The van der Waals surface area contributed by atoms with E-state index in [0.717, 1.165) is 60.8 Å². The molecule has 1 aliphatic heterocycles. The van der Waals surface area contributed by atoms with Gasteiger partial charge >= 0.3 is 12.2 Å². The van der Waals surface area contributed by atoms with E-state index < -0.39 is 76.1 Å². The summed E-state index contributed by atoms with van der Waals surface area (Å²) >= 11 is 0. The number of aryl methyl sites for hydroxylation is 2. The van der Waals surface area contributed by atoms with Gasteiger partial charge in [-0.3, -0.25) is 33.7 Å². The van der Waals surface area contributed by atoms with Crippen LogP contribution in [0.2, 0.25) is 0 Å². The molecule has 16 heteroatoms. The summed E-state index contributed by atoms with van der Waals surface area (Å²) in [4.78, 5) is 118. The van der Waals surface area contributed by atoms with Gasteiger partial charge in [-0.25, -0.2) is 9.59 Å². The van der Waals surface area contributed by atoms with Crippen LogP contribution in [0.25, 0.3) is 0 Å². The summed E-state index contributed by atoms with van der Waals surface area (Å²) in [5, 5.41) is 9.56. The quantitative estimate of drug-likeness (QED) is 0.110. The molecule has 1 saturated heterocycles. The van der Waals surface area contributed by atoms with Crippen molar-refractivity contribution in [3.63, 3.8) is 0 Å². The molecular formula is C66H94N6O10. The first-order valence-corrected chi connectivity index (χ1v) is 29.6. The van der Waals surface area contributed by atoms with E-state index in [4.69, 9.17) is 9.47 Å². The Bertz CT molecular complexity index is 2800. The Balaban J connectivity index is 1.28. The number of hydrogen-bond acceptors (Lipinski definition) is 10. The second-order valence-electron chi connectivity index (χ2n) is 27.5. The summed E-state index contributed by atoms with van der Waals surface area (Å²) in [5.41, 5.74) is 3.12. The van der Waals surface area contributed by atoms with Crippen molar-refractivity contribution in [1.82, 2.24) is 30.7 Å². The second-order valence-corrected chi connectivity index (χ2v) is 27.5. The first-order chi connectivity index (χ1) is 38.1. The van der Waals surface area contributed by atoms with Crippen LogP contribution in [0.5, 0.6) is 0 Å². The van der Waals surface area contributed by atoms with Crippen LogP contribution >= 0.6 is 0 Å². The molecule has 0 saturated carbocycles. The van der Waals surface area contributed by atoms with Crippen molar-refractivity contribution in [2.45, 2.75) is 215 Å². The number of Topliss-reactive ketones (excluding diaryl/α,β-unsaturated/α-hetero) is 2. The molecule has 1 heterocycles. The minimum atomic E-state index is -1.01. The summed E-state index contributed by atoms with van der Waals surface area (Å²) < 4.78 is 11.1. The van der Waals surface area contributed by atoms with E-state index in [1.165, 1.54) is 35.0 Å². The van der Waals surface area contributed by atoms with E-state index in [0.29, 0.717) is 6.42 Å². The Labute approximate surface area is 487 Å². The molecule has 3 aromatic rings. The van der Waals surface area contributed by atoms with E-state index in [1.807, 2.05) is 96.1 Å². The lowest BCUT2D eigenvalue weighted by Crippen LogP contribution is -2.55. The lowest BCUT2D eigenvalue weighted by Gasteiger charge is -2.36. The maximum atomic E-state index is 15.2. The smallest absolute Gasteiger partial charge is 0.410 e. The van der Waals surface area contributed by atoms with Gasteiger partial charge in [0, 0.05) is 51.2 Å². The number of likely N-dealkylation sites (tertiary alicyclic amines) is 1. The number of likely N-dealkylation sites (N-methyl/N-ethyl adjacent to an activating group) is 2. The van der Waals surface area contributed by atoms with Gasteiger partial charge in [0.1, 0.15) is 23.3 Å². The maximum Gasteiger partial charge on any atom is 0.410 e. The molecule has 2 unspecified atom stereocenters. The number of hydrogen-bond donors (Lipinski definition) is 3. The van der Waals surface area contributed by atoms with Gasteiger partial charge in [-0.1, -0.05) is 114 Å². The monoisotopic (exact) mass is 1130 g/mol. The van der Waals surface area contributed by atoms with E-state index >= 15 is 4.79 Å².